The second-order valence-electron chi connectivity index (χ2n) is 4.53. The summed E-state index contributed by atoms with van der Waals surface area (Å²) in [6.07, 6.45) is 2.39. The van der Waals surface area contributed by atoms with Crippen LogP contribution in [0.3, 0.4) is 0 Å². The summed E-state index contributed by atoms with van der Waals surface area (Å²) in [6, 6.07) is 5.82. The third kappa shape index (κ3) is 3.12. The molecule has 0 N–H and O–H groups in total. The van der Waals surface area contributed by atoms with E-state index in [1.807, 2.05) is 25.1 Å². The number of rotatable bonds is 5. The van der Waals surface area contributed by atoms with Crippen molar-refractivity contribution in [3.63, 3.8) is 0 Å². The lowest BCUT2D eigenvalue weighted by Gasteiger charge is -2.16. The second kappa shape index (κ2) is 6.25. The first-order valence-corrected chi connectivity index (χ1v) is 8.70. The van der Waals surface area contributed by atoms with E-state index in [1.165, 1.54) is 0 Å². The number of benzene rings is 1. The lowest BCUT2D eigenvalue weighted by atomic mass is 10.3. The first-order chi connectivity index (χ1) is 9.04. The van der Waals surface area contributed by atoms with Crippen LogP contribution in [0.1, 0.15) is 18.8 Å². The third-order valence-corrected chi connectivity index (χ3v) is 4.42. The van der Waals surface area contributed by atoms with E-state index in [-0.39, 0.29) is 6.04 Å². The predicted molar refractivity (Wildman–Crippen MR) is 82.8 cm³/mol. The molecule has 0 bridgehead atoms. The number of hydrogen-bond donors (Lipinski definition) is 0. The van der Waals surface area contributed by atoms with Crippen molar-refractivity contribution in [2.24, 2.45) is 0 Å². The summed E-state index contributed by atoms with van der Waals surface area (Å²) in [5, 5.41) is 0.636. The third-order valence-electron chi connectivity index (χ3n) is 2.98. The van der Waals surface area contributed by atoms with Gasteiger partial charge in [-0.25, -0.2) is 4.98 Å². The Kier molecular flexibility index (Phi) is 4.87. The van der Waals surface area contributed by atoms with Crippen LogP contribution in [-0.4, -0.2) is 31.6 Å². The zero-order valence-corrected chi connectivity index (χ0v) is 13.2. The van der Waals surface area contributed by atoms with Gasteiger partial charge in [-0.05, 0) is 19.1 Å². The fourth-order valence-electron chi connectivity index (χ4n) is 2.30. The Hall–Kier alpha value is -0.580. The summed E-state index contributed by atoms with van der Waals surface area (Å²) in [5.74, 6) is 1.99. The number of nitrogens with zero attached hydrogens (tertiary/aromatic N) is 2. The van der Waals surface area contributed by atoms with E-state index in [9.17, 15) is 4.21 Å². The molecule has 0 saturated carbocycles. The summed E-state index contributed by atoms with van der Waals surface area (Å²) in [5.41, 5.74) is 1.77. The summed E-state index contributed by atoms with van der Waals surface area (Å²) in [4.78, 5) is 4.58. The van der Waals surface area contributed by atoms with Gasteiger partial charge in [-0.3, -0.25) is 4.21 Å². The van der Waals surface area contributed by atoms with Gasteiger partial charge in [0, 0.05) is 41.2 Å². The normalized spacial score (nSPS) is 14.7. The number of hydrogen-bond acceptors (Lipinski definition) is 2. The molecule has 104 valence electrons. The molecule has 1 heterocycles. The molecule has 2 aromatic rings. The molecule has 0 saturated heterocycles. The van der Waals surface area contributed by atoms with Crippen molar-refractivity contribution in [3.05, 3.63) is 29.0 Å². The zero-order chi connectivity index (χ0) is 14.0. The maximum Gasteiger partial charge on any atom is 0.111 e. The molecule has 2 atom stereocenters. The van der Waals surface area contributed by atoms with Crippen LogP contribution in [0, 0.1) is 0 Å². The highest BCUT2D eigenvalue weighted by Crippen LogP contribution is 2.27. The number of imidazole rings is 1. The maximum absolute atomic E-state index is 11.4. The molecule has 6 heteroatoms. The standard InChI is InChI=1S/C13H16Cl2N2OS/c1-9(8-19(2)18)17-11-5-3-4-10(15)13(11)16-12(17)6-7-14/h3-5,9H,6-8H2,1-2H3. The smallest absolute Gasteiger partial charge is 0.111 e. The van der Waals surface area contributed by atoms with E-state index in [1.54, 1.807) is 6.26 Å². The minimum Gasteiger partial charge on any atom is -0.324 e. The Morgan fingerprint density at radius 2 is 2.21 bits per heavy atom. The van der Waals surface area contributed by atoms with Crippen LogP contribution in [0.25, 0.3) is 11.0 Å². The van der Waals surface area contributed by atoms with Crippen molar-refractivity contribution in [1.82, 2.24) is 9.55 Å². The zero-order valence-electron chi connectivity index (χ0n) is 10.9. The number of halogens is 2. The largest absolute Gasteiger partial charge is 0.324 e. The Morgan fingerprint density at radius 3 is 2.84 bits per heavy atom. The molecule has 2 rings (SSSR count). The summed E-state index contributed by atoms with van der Waals surface area (Å²) >= 11 is 12.0. The fraction of sp³-hybridized carbons (Fsp3) is 0.462. The first kappa shape index (κ1) is 14.8. The lowest BCUT2D eigenvalue weighted by Crippen LogP contribution is -2.15. The number of aryl methyl sites for hydroxylation is 1. The molecule has 0 aliphatic carbocycles. The first-order valence-electron chi connectivity index (χ1n) is 6.06. The summed E-state index contributed by atoms with van der Waals surface area (Å²) in [7, 11) is -0.855. The maximum atomic E-state index is 11.4. The Labute approximate surface area is 125 Å². The summed E-state index contributed by atoms with van der Waals surface area (Å²) in [6.45, 7) is 2.04. The van der Waals surface area contributed by atoms with Gasteiger partial charge >= 0.3 is 0 Å². The monoisotopic (exact) mass is 318 g/mol. The predicted octanol–water partition coefficient (Wildman–Crippen LogP) is 3.41. The van der Waals surface area contributed by atoms with Crippen LogP contribution in [0.4, 0.5) is 0 Å². The van der Waals surface area contributed by atoms with Crippen molar-refractivity contribution < 1.29 is 4.21 Å². The lowest BCUT2D eigenvalue weighted by molar-refractivity contribution is 0.587. The molecule has 0 fully saturated rings. The second-order valence-corrected chi connectivity index (χ2v) is 6.80. The highest BCUT2D eigenvalue weighted by atomic mass is 35.5. The van der Waals surface area contributed by atoms with Gasteiger partial charge in [0.1, 0.15) is 11.3 Å². The Morgan fingerprint density at radius 1 is 1.47 bits per heavy atom. The number of alkyl halides is 1. The topological polar surface area (TPSA) is 34.9 Å². The molecule has 3 nitrogen and oxygen atoms in total. The molecule has 19 heavy (non-hydrogen) atoms. The molecule has 2 unspecified atom stereocenters. The molecular formula is C13H16Cl2N2OS. The van der Waals surface area contributed by atoms with E-state index in [4.69, 9.17) is 23.2 Å². The quantitative estimate of drug-likeness (QED) is 0.792. The minimum atomic E-state index is -0.855. The minimum absolute atomic E-state index is 0.104. The van der Waals surface area contributed by atoms with Crippen molar-refractivity contribution in [2.45, 2.75) is 19.4 Å². The van der Waals surface area contributed by atoms with Crippen molar-refractivity contribution in [3.8, 4) is 0 Å². The van der Waals surface area contributed by atoms with Gasteiger partial charge in [0.05, 0.1) is 10.5 Å². The van der Waals surface area contributed by atoms with Gasteiger partial charge in [0.15, 0.2) is 0 Å². The van der Waals surface area contributed by atoms with E-state index in [2.05, 4.69) is 9.55 Å². The Bertz CT molecular complexity index is 612. The summed E-state index contributed by atoms with van der Waals surface area (Å²) < 4.78 is 13.5. The average molecular weight is 319 g/mol. The molecule has 0 aliphatic heterocycles. The number of aromatic nitrogens is 2. The average Bonchev–Trinajstić information content (AvgIpc) is 2.68. The van der Waals surface area contributed by atoms with Gasteiger partial charge in [-0.1, -0.05) is 17.7 Å². The molecule has 0 radical (unpaired) electrons. The van der Waals surface area contributed by atoms with Gasteiger partial charge in [0.25, 0.3) is 0 Å². The highest BCUT2D eigenvalue weighted by molar-refractivity contribution is 7.84. The van der Waals surface area contributed by atoms with Crippen molar-refractivity contribution >= 4 is 45.0 Å². The number of fused-ring (bicyclic) bond motifs is 1. The molecule has 0 aliphatic rings. The highest BCUT2D eigenvalue weighted by Gasteiger charge is 2.17. The van der Waals surface area contributed by atoms with Gasteiger partial charge < -0.3 is 4.57 Å². The van der Waals surface area contributed by atoms with Crippen molar-refractivity contribution in [2.75, 3.05) is 17.9 Å². The van der Waals surface area contributed by atoms with Crippen LogP contribution in [0.15, 0.2) is 18.2 Å². The molecule has 1 aromatic heterocycles. The fourth-order valence-corrected chi connectivity index (χ4v) is 3.51. The van der Waals surface area contributed by atoms with Crippen LogP contribution < -0.4 is 0 Å². The van der Waals surface area contributed by atoms with Crippen molar-refractivity contribution in [1.29, 1.82) is 0 Å². The van der Waals surface area contributed by atoms with Gasteiger partial charge in [-0.2, -0.15) is 0 Å². The van der Waals surface area contributed by atoms with E-state index >= 15 is 0 Å². The van der Waals surface area contributed by atoms with E-state index in [0.717, 1.165) is 16.9 Å². The van der Waals surface area contributed by atoms with Gasteiger partial charge in [0.2, 0.25) is 0 Å². The van der Waals surface area contributed by atoms with E-state index < -0.39 is 10.8 Å². The molecule has 0 amide bonds. The van der Waals surface area contributed by atoms with Crippen LogP contribution >= 0.6 is 23.2 Å². The van der Waals surface area contributed by atoms with Crippen LogP contribution in [0.2, 0.25) is 5.02 Å². The van der Waals surface area contributed by atoms with Gasteiger partial charge in [-0.15, -0.1) is 11.6 Å². The van der Waals surface area contributed by atoms with E-state index in [0.29, 0.717) is 23.1 Å². The molecule has 0 spiro atoms. The van der Waals surface area contributed by atoms with Crippen LogP contribution in [0.5, 0.6) is 0 Å². The number of para-hydroxylation sites is 1. The molecule has 1 aromatic carbocycles. The SMILES string of the molecule is CC(CS(C)=O)n1c(CCCl)nc2c(Cl)cccc21. The Balaban J connectivity index is 2.58. The molecular weight excluding hydrogens is 303 g/mol. The van der Waals surface area contributed by atoms with Crippen LogP contribution in [-0.2, 0) is 17.2 Å².